The Balaban J connectivity index is 2.03. The van der Waals surface area contributed by atoms with Gasteiger partial charge in [-0.1, -0.05) is 20.8 Å². The summed E-state index contributed by atoms with van der Waals surface area (Å²) >= 11 is 0. The highest BCUT2D eigenvalue weighted by molar-refractivity contribution is 6.74. The summed E-state index contributed by atoms with van der Waals surface area (Å²) in [6.07, 6.45) is 3.70. The van der Waals surface area contributed by atoms with Gasteiger partial charge in [0.1, 0.15) is 0 Å². The highest BCUT2D eigenvalue weighted by atomic mass is 28.4. The molecule has 25 heavy (non-hydrogen) atoms. The molecule has 1 heterocycles. The maximum absolute atomic E-state index is 10.5. The van der Waals surface area contributed by atoms with Crippen molar-refractivity contribution in [2.24, 2.45) is 11.8 Å². The van der Waals surface area contributed by atoms with Crippen molar-refractivity contribution in [1.82, 2.24) is 0 Å². The van der Waals surface area contributed by atoms with Crippen LogP contribution in [0.15, 0.2) is 0 Å². The van der Waals surface area contributed by atoms with Crippen LogP contribution >= 0.6 is 0 Å². The molecule has 2 aliphatic rings. The molecular weight excluding hydrogens is 336 g/mol. The summed E-state index contributed by atoms with van der Waals surface area (Å²) in [4.78, 5) is 0. The van der Waals surface area contributed by atoms with Crippen molar-refractivity contribution >= 4 is 8.32 Å². The Kier molecular flexibility index (Phi) is 7.51. The van der Waals surface area contributed by atoms with Crippen molar-refractivity contribution in [3.8, 4) is 0 Å². The molecule has 0 bridgehead atoms. The molecule has 2 rings (SSSR count). The van der Waals surface area contributed by atoms with Gasteiger partial charge >= 0.3 is 0 Å². The van der Waals surface area contributed by atoms with Crippen LogP contribution in [0.4, 0.5) is 0 Å². The van der Waals surface area contributed by atoms with Gasteiger partial charge in [-0.3, -0.25) is 0 Å². The normalized spacial score (nSPS) is 34.4. The SMILES string of the molecule is CC(C)(C)[Si](C)(C)OC[C@@H]1[C@@H](CCO)[C@@H](O)C[C@H]1OC1CCCCO1. The Morgan fingerprint density at radius 3 is 2.44 bits per heavy atom. The number of aliphatic hydroxyl groups excluding tert-OH is 2. The molecule has 1 saturated heterocycles. The molecule has 5 nitrogen and oxygen atoms in total. The molecule has 0 radical (unpaired) electrons. The zero-order chi connectivity index (χ0) is 18.7. The predicted octanol–water partition coefficient (Wildman–Crippen LogP) is 3.30. The second kappa shape index (κ2) is 8.80. The van der Waals surface area contributed by atoms with Crippen LogP contribution in [0, 0.1) is 11.8 Å². The van der Waals surface area contributed by atoms with Gasteiger partial charge in [-0.05, 0) is 49.7 Å². The summed E-state index contributed by atoms with van der Waals surface area (Å²) in [5.41, 5.74) is 0. The van der Waals surface area contributed by atoms with E-state index in [1.165, 1.54) is 0 Å². The van der Waals surface area contributed by atoms with E-state index in [0.29, 0.717) is 19.4 Å². The van der Waals surface area contributed by atoms with E-state index in [2.05, 4.69) is 33.9 Å². The fraction of sp³-hybridized carbons (Fsp3) is 1.00. The minimum absolute atomic E-state index is 0.0309. The van der Waals surface area contributed by atoms with E-state index < -0.39 is 14.4 Å². The van der Waals surface area contributed by atoms with Gasteiger partial charge < -0.3 is 24.1 Å². The second-order valence-corrected chi connectivity index (χ2v) is 14.0. The molecule has 2 fully saturated rings. The third kappa shape index (κ3) is 5.50. The molecule has 5 atom stereocenters. The van der Waals surface area contributed by atoms with Crippen LogP contribution in [-0.2, 0) is 13.9 Å². The molecule has 0 aromatic heterocycles. The third-order valence-corrected chi connectivity index (χ3v) is 10.9. The van der Waals surface area contributed by atoms with Gasteiger partial charge in [0.25, 0.3) is 0 Å². The minimum Gasteiger partial charge on any atom is -0.416 e. The fourth-order valence-corrected chi connectivity index (χ4v) is 4.67. The Morgan fingerprint density at radius 1 is 1.16 bits per heavy atom. The average molecular weight is 375 g/mol. The summed E-state index contributed by atoms with van der Waals surface area (Å²) in [5, 5.41) is 20.1. The molecule has 6 heteroatoms. The van der Waals surface area contributed by atoms with Crippen molar-refractivity contribution in [2.45, 2.75) is 89.5 Å². The number of aliphatic hydroxyl groups is 2. The summed E-state index contributed by atoms with van der Waals surface area (Å²) in [7, 11) is -1.86. The Labute approximate surface area is 154 Å². The van der Waals surface area contributed by atoms with Crippen molar-refractivity contribution in [1.29, 1.82) is 0 Å². The third-order valence-electron chi connectivity index (χ3n) is 6.37. The molecule has 1 aliphatic carbocycles. The first-order chi connectivity index (χ1) is 11.7. The van der Waals surface area contributed by atoms with Gasteiger partial charge in [0.15, 0.2) is 14.6 Å². The number of ether oxygens (including phenoxy) is 2. The molecule has 0 spiro atoms. The molecule has 0 amide bonds. The van der Waals surface area contributed by atoms with E-state index in [1.54, 1.807) is 0 Å². The van der Waals surface area contributed by atoms with Gasteiger partial charge in [-0.25, -0.2) is 0 Å². The van der Waals surface area contributed by atoms with E-state index in [4.69, 9.17) is 13.9 Å². The number of hydrogen-bond donors (Lipinski definition) is 2. The zero-order valence-corrected chi connectivity index (χ0v) is 17.7. The second-order valence-electron chi connectivity index (χ2n) is 9.19. The van der Waals surface area contributed by atoms with Crippen LogP contribution in [0.1, 0.15) is 52.9 Å². The average Bonchev–Trinajstić information content (AvgIpc) is 2.81. The van der Waals surface area contributed by atoms with Crippen LogP contribution in [-0.4, -0.2) is 56.8 Å². The minimum atomic E-state index is -1.86. The quantitative estimate of drug-likeness (QED) is 0.669. The standard InChI is InChI=1S/C19H38O5Si/c1-19(2,3)25(4,5)23-13-15-14(9-10-20)16(21)12-17(15)24-18-8-6-7-11-22-18/h14-18,20-21H,6-13H2,1-5H3/t14-,15-,16+,17-,18?/m1/s1. The molecule has 0 aromatic carbocycles. The van der Waals surface area contributed by atoms with Crippen LogP contribution in [0.25, 0.3) is 0 Å². The van der Waals surface area contributed by atoms with Crippen LogP contribution in [0.3, 0.4) is 0 Å². The molecule has 1 unspecified atom stereocenters. The summed E-state index contributed by atoms with van der Waals surface area (Å²) in [5.74, 6) is 0.144. The van der Waals surface area contributed by atoms with E-state index >= 15 is 0 Å². The highest BCUT2D eigenvalue weighted by Gasteiger charge is 2.46. The Bertz CT molecular complexity index is 403. The topological polar surface area (TPSA) is 68.2 Å². The summed E-state index contributed by atoms with van der Waals surface area (Å²) in [6, 6.07) is 0. The lowest BCUT2D eigenvalue weighted by atomic mass is 9.91. The van der Waals surface area contributed by atoms with Crippen molar-refractivity contribution in [3.05, 3.63) is 0 Å². The van der Waals surface area contributed by atoms with Crippen molar-refractivity contribution in [3.63, 3.8) is 0 Å². The van der Waals surface area contributed by atoms with Crippen LogP contribution < -0.4 is 0 Å². The lowest BCUT2D eigenvalue weighted by Crippen LogP contribution is -2.44. The molecular formula is C19H38O5Si. The maximum Gasteiger partial charge on any atom is 0.191 e. The van der Waals surface area contributed by atoms with Gasteiger partial charge in [0.05, 0.1) is 12.2 Å². The van der Waals surface area contributed by atoms with E-state index in [0.717, 1.165) is 25.9 Å². The van der Waals surface area contributed by atoms with Gasteiger partial charge in [0, 0.05) is 32.2 Å². The molecule has 0 aromatic rings. The Hall–Kier alpha value is 0.0169. The van der Waals surface area contributed by atoms with Crippen molar-refractivity contribution in [2.75, 3.05) is 19.8 Å². The van der Waals surface area contributed by atoms with E-state index in [-0.39, 0.29) is 35.9 Å². The predicted molar refractivity (Wildman–Crippen MR) is 101 cm³/mol. The summed E-state index contributed by atoms with van der Waals surface area (Å²) < 4.78 is 18.4. The molecule has 1 saturated carbocycles. The monoisotopic (exact) mass is 374 g/mol. The maximum atomic E-state index is 10.5. The zero-order valence-electron chi connectivity index (χ0n) is 16.7. The number of rotatable bonds is 7. The smallest absolute Gasteiger partial charge is 0.191 e. The largest absolute Gasteiger partial charge is 0.416 e. The molecule has 1 aliphatic heterocycles. The summed E-state index contributed by atoms with van der Waals surface area (Å²) in [6.45, 7) is 12.6. The lowest BCUT2D eigenvalue weighted by molar-refractivity contribution is -0.198. The van der Waals surface area contributed by atoms with E-state index in [9.17, 15) is 10.2 Å². The van der Waals surface area contributed by atoms with Gasteiger partial charge in [0.2, 0.25) is 0 Å². The fourth-order valence-electron chi connectivity index (χ4n) is 3.63. The van der Waals surface area contributed by atoms with Gasteiger partial charge in [-0.15, -0.1) is 0 Å². The first-order valence-electron chi connectivity index (χ1n) is 9.85. The Morgan fingerprint density at radius 2 is 1.88 bits per heavy atom. The van der Waals surface area contributed by atoms with Crippen molar-refractivity contribution < 1.29 is 24.1 Å². The van der Waals surface area contributed by atoms with Crippen LogP contribution in [0.5, 0.6) is 0 Å². The lowest BCUT2D eigenvalue weighted by Gasteiger charge is -2.38. The highest BCUT2D eigenvalue weighted by Crippen LogP contribution is 2.41. The molecule has 2 N–H and O–H groups in total. The molecule has 148 valence electrons. The van der Waals surface area contributed by atoms with Crippen LogP contribution in [0.2, 0.25) is 18.1 Å². The van der Waals surface area contributed by atoms with Gasteiger partial charge in [-0.2, -0.15) is 0 Å². The van der Waals surface area contributed by atoms with E-state index in [1.807, 2.05) is 0 Å². The number of hydrogen-bond acceptors (Lipinski definition) is 5. The first-order valence-corrected chi connectivity index (χ1v) is 12.8. The first kappa shape index (κ1) is 21.3.